The Kier molecular flexibility index (Phi) is 6.15. The van der Waals surface area contributed by atoms with Crippen molar-refractivity contribution in [3.63, 3.8) is 0 Å². The standard InChI is InChI=1S/C40H29N3/c1-26-10-6-19-35-31(26)17-9-21-37(35)40-42-38(41-39(43-40)36-20-8-14-28-12-3-5-16-34(28)36)30-24-22-29(23-25-30)33-18-7-13-27-11-2-4-15-32(27)33/h2-9,11-26H,10H2,1H3/t26-/m0/s1. The number of aromatic nitrogens is 3. The van der Waals surface area contributed by atoms with Gasteiger partial charge < -0.3 is 0 Å². The second kappa shape index (κ2) is 10.5. The number of fused-ring (bicyclic) bond motifs is 3. The van der Waals surface area contributed by atoms with Gasteiger partial charge in [-0.15, -0.1) is 0 Å². The third-order valence-electron chi connectivity index (χ3n) is 8.60. The van der Waals surface area contributed by atoms with E-state index in [1.165, 1.54) is 33.0 Å². The zero-order chi connectivity index (χ0) is 28.8. The minimum absolute atomic E-state index is 0.459. The molecule has 0 fully saturated rings. The topological polar surface area (TPSA) is 38.7 Å². The Morgan fingerprint density at radius 1 is 0.488 bits per heavy atom. The predicted octanol–water partition coefficient (Wildman–Crippen LogP) is 10.4. The first-order chi connectivity index (χ1) is 21.2. The Morgan fingerprint density at radius 2 is 1.02 bits per heavy atom. The molecule has 3 heteroatoms. The van der Waals surface area contributed by atoms with Crippen molar-refractivity contribution in [2.75, 3.05) is 0 Å². The van der Waals surface area contributed by atoms with Crippen LogP contribution in [0.25, 0.3) is 72.9 Å². The average Bonchev–Trinajstić information content (AvgIpc) is 3.07. The van der Waals surface area contributed by atoms with Crippen molar-refractivity contribution >= 4 is 27.6 Å². The summed E-state index contributed by atoms with van der Waals surface area (Å²) in [5, 5.41) is 4.77. The lowest BCUT2D eigenvalue weighted by atomic mass is 9.86. The molecule has 0 unspecified atom stereocenters. The molecule has 0 bridgehead atoms. The number of benzene rings is 6. The molecule has 43 heavy (non-hydrogen) atoms. The van der Waals surface area contributed by atoms with Gasteiger partial charge in [0.1, 0.15) is 0 Å². The molecule has 1 atom stereocenters. The van der Waals surface area contributed by atoms with Gasteiger partial charge in [0.15, 0.2) is 17.5 Å². The second-order valence-electron chi connectivity index (χ2n) is 11.3. The van der Waals surface area contributed by atoms with E-state index in [1.807, 2.05) is 0 Å². The predicted molar refractivity (Wildman–Crippen MR) is 179 cm³/mol. The fourth-order valence-corrected chi connectivity index (χ4v) is 6.35. The van der Waals surface area contributed by atoms with E-state index in [1.54, 1.807) is 0 Å². The summed E-state index contributed by atoms with van der Waals surface area (Å²) in [5.41, 5.74) is 7.93. The highest BCUT2D eigenvalue weighted by Crippen LogP contribution is 2.37. The van der Waals surface area contributed by atoms with Crippen LogP contribution in [-0.4, -0.2) is 15.0 Å². The zero-order valence-corrected chi connectivity index (χ0v) is 23.9. The van der Waals surface area contributed by atoms with Crippen LogP contribution in [0.1, 0.15) is 30.4 Å². The lowest BCUT2D eigenvalue weighted by molar-refractivity contribution is 0.772. The molecule has 0 N–H and O–H groups in total. The SMILES string of the molecule is C[C@H]1CC=Cc2c(-c3nc(-c4ccc(-c5cccc6ccccc56)cc4)nc(-c4cccc5ccccc45)n3)cccc21. The number of nitrogens with zero attached hydrogens (tertiary/aromatic N) is 3. The Hall–Kier alpha value is -5.41. The van der Waals surface area contributed by atoms with Gasteiger partial charge in [-0.3, -0.25) is 0 Å². The van der Waals surface area contributed by atoms with E-state index in [4.69, 9.17) is 15.0 Å². The smallest absolute Gasteiger partial charge is 0.164 e. The van der Waals surface area contributed by atoms with E-state index in [2.05, 4.69) is 146 Å². The van der Waals surface area contributed by atoms with Crippen LogP contribution in [0, 0.1) is 0 Å². The third-order valence-corrected chi connectivity index (χ3v) is 8.60. The molecule has 0 saturated carbocycles. The van der Waals surface area contributed by atoms with Crippen LogP contribution in [0.5, 0.6) is 0 Å². The van der Waals surface area contributed by atoms with Crippen LogP contribution in [-0.2, 0) is 0 Å². The van der Waals surface area contributed by atoms with Gasteiger partial charge in [0.25, 0.3) is 0 Å². The molecule has 6 aromatic carbocycles. The average molecular weight is 552 g/mol. The van der Waals surface area contributed by atoms with Crippen LogP contribution >= 0.6 is 0 Å². The molecule has 7 aromatic rings. The lowest BCUT2D eigenvalue weighted by Gasteiger charge is -2.20. The summed E-state index contributed by atoms with van der Waals surface area (Å²) in [6.07, 6.45) is 5.53. The molecule has 0 amide bonds. The van der Waals surface area contributed by atoms with E-state index < -0.39 is 0 Å². The summed E-state index contributed by atoms with van der Waals surface area (Å²) >= 11 is 0. The van der Waals surface area contributed by atoms with Crippen molar-refractivity contribution in [1.29, 1.82) is 0 Å². The van der Waals surface area contributed by atoms with Gasteiger partial charge in [0.05, 0.1) is 0 Å². The molecule has 8 rings (SSSR count). The maximum atomic E-state index is 5.13. The van der Waals surface area contributed by atoms with Crippen molar-refractivity contribution in [2.45, 2.75) is 19.3 Å². The summed E-state index contributed by atoms with van der Waals surface area (Å²) < 4.78 is 0. The Morgan fingerprint density at radius 3 is 1.77 bits per heavy atom. The van der Waals surface area contributed by atoms with Crippen LogP contribution in [0.4, 0.5) is 0 Å². The molecular weight excluding hydrogens is 522 g/mol. The molecule has 1 aliphatic rings. The molecule has 1 aliphatic carbocycles. The normalized spacial score (nSPS) is 14.2. The van der Waals surface area contributed by atoms with Gasteiger partial charge in [-0.25, -0.2) is 15.0 Å². The first-order valence-corrected chi connectivity index (χ1v) is 14.9. The van der Waals surface area contributed by atoms with E-state index in [-0.39, 0.29) is 0 Å². The molecule has 1 heterocycles. The fourth-order valence-electron chi connectivity index (χ4n) is 6.35. The fraction of sp³-hybridized carbons (Fsp3) is 0.0750. The quantitative estimate of drug-likeness (QED) is 0.218. The Balaban J connectivity index is 1.31. The van der Waals surface area contributed by atoms with Crippen LogP contribution in [0.3, 0.4) is 0 Å². The minimum Gasteiger partial charge on any atom is -0.208 e. The van der Waals surface area contributed by atoms with Gasteiger partial charge >= 0.3 is 0 Å². The Bertz CT molecular complexity index is 2170. The van der Waals surface area contributed by atoms with Gasteiger partial charge in [0, 0.05) is 16.7 Å². The van der Waals surface area contributed by atoms with Crippen molar-refractivity contribution in [2.24, 2.45) is 0 Å². The van der Waals surface area contributed by atoms with Crippen molar-refractivity contribution in [3.8, 4) is 45.3 Å². The molecule has 0 aliphatic heterocycles. The van der Waals surface area contributed by atoms with Crippen molar-refractivity contribution < 1.29 is 0 Å². The first-order valence-electron chi connectivity index (χ1n) is 14.9. The number of allylic oxidation sites excluding steroid dienone is 1. The monoisotopic (exact) mass is 551 g/mol. The van der Waals surface area contributed by atoms with E-state index in [0.717, 1.165) is 33.9 Å². The van der Waals surface area contributed by atoms with Gasteiger partial charge in [-0.2, -0.15) is 0 Å². The van der Waals surface area contributed by atoms with Crippen LogP contribution in [0.15, 0.2) is 133 Å². The van der Waals surface area contributed by atoms with Crippen molar-refractivity contribution in [1.82, 2.24) is 15.0 Å². The summed E-state index contributed by atoms with van der Waals surface area (Å²) in [7, 11) is 0. The number of rotatable bonds is 4. The maximum Gasteiger partial charge on any atom is 0.164 e. The van der Waals surface area contributed by atoms with E-state index in [0.29, 0.717) is 23.4 Å². The molecule has 204 valence electrons. The molecule has 0 saturated heterocycles. The Labute approximate surface area is 251 Å². The summed E-state index contributed by atoms with van der Waals surface area (Å²) in [5.74, 6) is 2.50. The van der Waals surface area contributed by atoms with Crippen LogP contribution < -0.4 is 0 Å². The number of hydrogen-bond donors (Lipinski definition) is 0. The molecule has 3 nitrogen and oxygen atoms in total. The maximum absolute atomic E-state index is 5.13. The highest BCUT2D eigenvalue weighted by atomic mass is 15.0. The molecule has 0 spiro atoms. The van der Waals surface area contributed by atoms with E-state index in [9.17, 15) is 0 Å². The summed E-state index contributed by atoms with van der Waals surface area (Å²) in [4.78, 5) is 15.3. The van der Waals surface area contributed by atoms with Gasteiger partial charge in [-0.05, 0) is 56.1 Å². The summed E-state index contributed by atoms with van der Waals surface area (Å²) in [6.45, 7) is 2.28. The molecule has 1 aromatic heterocycles. The third kappa shape index (κ3) is 4.50. The summed E-state index contributed by atoms with van der Waals surface area (Å²) in [6, 6.07) is 44.8. The van der Waals surface area contributed by atoms with Gasteiger partial charge in [-0.1, -0.05) is 146 Å². The highest BCUT2D eigenvalue weighted by molar-refractivity contribution is 5.97. The second-order valence-corrected chi connectivity index (χ2v) is 11.3. The lowest BCUT2D eigenvalue weighted by Crippen LogP contribution is -2.05. The minimum atomic E-state index is 0.459. The zero-order valence-electron chi connectivity index (χ0n) is 23.9. The number of hydrogen-bond acceptors (Lipinski definition) is 3. The van der Waals surface area contributed by atoms with Crippen molar-refractivity contribution in [3.05, 3.63) is 145 Å². The molecular formula is C40H29N3. The largest absolute Gasteiger partial charge is 0.208 e. The van der Waals surface area contributed by atoms with Crippen LogP contribution in [0.2, 0.25) is 0 Å². The highest BCUT2D eigenvalue weighted by Gasteiger charge is 2.20. The first kappa shape index (κ1) is 25.3. The van der Waals surface area contributed by atoms with Gasteiger partial charge in [0.2, 0.25) is 0 Å². The molecule has 0 radical (unpaired) electrons. The van der Waals surface area contributed by atoms with E-state index >= 15 is 0 Å².